The zero-order valence-electron chi connectivity index (χ0n) is 17.4. The number of benzene rings is 1. The molecule has 0 saturated carbocycles. The van der Waals surface area contributed by atoms with Crippen molar-refractivity contribution >= 4 is 28.3 Å². The lowest BCUT2D eigenvalue weighted by Gasteiger charge is -2.11. The van der Waals surface area contributed by atoms with E-state index in [2.05, 4.69) is 15.6 Å². The fourth-order valence-corrected chi connectivity index (χ4v) is 3.15. The lowest BCUT2D eigenvalue weighted by Crippen LogP contribution is -2.22. The molecule has 0 atom stereocenters. The molecule has 0 unspecified atom stereocenters. The number of carboxylic acids is 1. The van der Waals surface area contributed by atoms with Gasteiger partial charge in [-0.1, -0.05) is 17.4 Å². The average molecular weight is 463 g/mol. The summed E-state index contributed by atoms with van der Waals surface area (Å²) in [5.74, 6) is -1.52. The Balaban J connectivity index is 0.000000592. The summed E-state index contributed by atoms with van der Waals surface area (Å²) in [6.45, 7) is 7.50. The molecule has 12 heteroatoms. The van der Waals surface area contributed by atoms with Crippen LogP contribution in [-0.2, 0) is 11.3 Å². The minimum absolute atomic E-state index is 0.122. The monoisotopic (exact) mass is 463 g/mol. The van der Waals surface area contributed by atoms with Crippen LogP contribution in [0.25, 0.3) is 0 Å². The van der Waals surface area contributed by atoms with Gasteiger partial charge in [0.05, 0.1) is 19.4 Å². The van der Waals surface area contributed by atoms with Crippen LogP contribution in [0.5, 0.6) is 11.5 Å². The van der Waals surface area contributed by atoms with Crippen molar-refractivity contribution in [3.63, 3.8) is 0 Å². The Labute approximate surface area is 181 Å². The molecular weight excluding hydrogens is 439 g/mol. The molecule has 2 rings (SSSR count). The summed E-state index contributed by atoms with van der Waals surface area (Å²) in [6, 6.07) is 5.63. The summed E-state index contributed by atoms with van der Waals surface area (Å²) < 4.78 is 42.6. The molecule has 2 aromatic rings. The fourth-order valence-electron chi connectivity index (χ4n) is 2.20. The predicted molar refractivity (Wildman–Crippen MR) is 110 cm³/mol. The van der Waals surface area contributed by atoms with Gasteiger partial charge in [-0.25, -0.2) is 9.78 Å². The Morgan fingerprint density at radius 1 is 1.23 bits per heavy atom. The molecule has 1 aromatic heterocycles. The Morgan fingerprint density at radius 3 is 2.39 bits per heavy atom. The molecule has 8 nitrogen and oxygen atoms in total. The number of aliphatic carboxylic acids is 1. The number of anilines is 1. The highest BCUT2D eigenvalue weighted by Gasteiger charge is 2.38. The summed E-state index contributed by atoms with van der Waals surface area (Å²) in [5, 5.41) is 13.9. The predicted octanol–water partition coefficient (Wildman–Crippen LogP) is 3.85. The maximum Gasteiger partial charge on any atom is 0.490 e. The molecule has 0 radical (unpaired) electrons. The van der Waals surface area contributed by atoms with Gasteiger partial charge >= 0.3 is 12.1 Å². The third-order valence-corrected chi connectivity index (χ3v) is 4.67. The number of carboxylic acid groups (broad SMARTS) is 1. The van der Waals surface area contributed by atoms with Crippen molar-refractivity contribution < 1.29 is 37.3 Å². The summed E-state index contributed by atoms with van der Waals surface area (Å²) >= 11 is 1.37. The van der Waals surface area contributed by atoms with Crippen LogP contribution in [0.1, 0.15) is 34.8 Å². The summed E-state index contributed by atoms with van der Waals surface area (Å²) in [5.41, 5.74) is 1.68. The van der Waals surface area contributed by atoms with Crippen molar-refractivity contribution in [2.24, 2.45) is 0 Å². The highest BCUT2D eigenvalue weighted by molar-refractivity contribution is 7.17. The number of ether oxygens (including phenoxy) is 2. The summed E-state index contributed by atoms with van der Waals surface area (Å²) in [4.78, 5) is 26.2. The maximum atomic E-state index is 12.4. The van der Waals surface area contributed by atoms with Crippen molar-refractivity contribution in [1.82, 2.24) is 10.3 Å². The molecule has 1 amide bonds. The molecule has 1 heterocycles. The lowest BCUT2D eigenvalue weighted by molar-refractivity contribution is -0.192. The first-order chi connectivity index (χ1) is 14.5. The van der Waals surface area contributed by atoms with Gasteiger partial charge in [0.25, 0.3) is 5.91 Å². The molecule has 172 valence electrons. The lowest BCUT2D eigenvalue weighted by atomic mass is 10.2. The van der Waals surface area contributed by atoms with E-state index in [0.29, 0.717) is 29.5 Å². The highest BCUT2D eigenvalue weighted by Crippen LogP contribution is 2.28. The van der Waals surface area contributed by atoms with Crippen LogP contribution in [0, 0.1) is 6.92 Å². The van der Waals surface area contributed by atoms with E-state index in [0.717, 1.165) is 22.9 Å². The fraction of sp³-hybridized carbons (Fsp3) is 0.421. The SMILES string of the molecule is CCNc1nc(C)c(C(=O)NCc2ccc(OC)c(OCC)c2)s1.O=C(O)C(F)(F)F. The van der Waals surface area contributed by atoms with Gasteiger partial charge in [-0.2, -0.15) is 13.2 Å². The Bertz CT molecular complexity index is 887. The van der Waals surface area contributed by atoms with E-state index < -0.39 is 12.1 Å². The zero-order chi connectivity index (χ0) is 23.6. The zero-order valence-corrected chi connectivity index (χ0v) is 18.2. The molecule has 0 saturated heterocycles. The number of thiazole rings is 1. The second-order valence-corrected chi connectivity index (χ2v) is 6.87. The normalized spacial score (nSPS) is 10.5. The van der Waals surface area contributed by atoms with E-state index in [4.69, 9.17) is 19.4 Å². The van der Waals surface area contributed by atoms with Crippen molar-refractivity contribution in [3.05, 3.63) is 34.3 Å². The van der Waals surface area contributed by atoms with Crippen LogP contribution in [0.15, 0.2) is 18.2 Å². The smallest absolute Gasteiger partial charge is 0.490 e. The van der Waals surface area contributed by atoms with E-state index in [-0.39, 0.29) is 5.91 Å². The molecule has 0 aliphatic rings. The van der Waals surface area contributed by atoms with Crippen molar-refractivity contribution in [2.45, 2.75) is 33.5 Å². The molecule has 3 N–H and O–H groups in total. The summed E-state index contributed by atoms with van der Waals surface area (Å²) in [7, 11) is 1.60. The van der Waals surface area contributed by atoms with Gasteiger partial charge in [-0.3, -0.25) is 4.79 Å². The first-order valence-electron chi connectivity index (χ1n) is 9.12. The van der Waals surface area contributed by atoms with E-state index >= 15 is 0 Å². The number of halogens is 3. The first-order valence-corrected chi connectivity index (χ1v) is 9.94. The highest BCUT2D eigenvalue weighted by atomic mass is 32.1. The summed E-state index contributed by atoms with van der Waals surface area (Å²) in [6.07, 6.45) is -5.08. The van der Waals surface area contributed by atoms with Crippen molar-refractivity contribution in [2.75, 3.05) is 25.6 Å². The Morgan fingerprint density at radius 2 is 1.87 bits per heavy atom. The standard InChI is InChI=1S/C17H23N3O3S.C2HF3O2/c1-5-18-17-20-11(3)15(24-17)16(21)19-10-12-7-8-13(22-4)14(9-12)23-6-2;3-2(4,5)1(6)7/h7-9H,5-6,10H2,1-4H3,(H,18,20)(H,19,21);(H,6,7). The number of carbonyl (C=O) groups is 2. The van der Waals surface area contributed by atoms with Gasteiger partial charge in [-0.15, -0.1) is 0 Å². The quantitative estimate of drug-likeness (QED) is 0.545. The molecule has 0 aliphatic heterocycles. The number of rotatable bonds is 8. The van der Waals surface area contributed by atoms with Crippen LogP contribution in [0.2, 0.25) is 0 Å². The van der Waals surface area contributed by atoms with Gasteiger partial charge < -0.3 is 25.2 Å². The number of amides is 1. The Hall–Kier alpha value is -3.02. The maximum absolute atomic E-state index is 12.4. The molecule has 0 bridgehead atoms. The number of nitrogens with zero attached hydrogens (tertiary/aromatic N) is 1. The number of aryl methyl sites for hydroxylation is 1. The number of hydrogen-bond acceptors (Lipinski definition) is 7. The minimum Gasteiger partial charge on any atom is -0.493 e. The van der Waals surface area contributed by atoms with E-state index in [9.17, 15) is 18.0 Å². The van der Waals surface area contributed by atoms with E-state index in [1.165, 1.54) is 11.3 Å². The number of carbonyl (C=O) groups excluding carboxylic acids is 1. The second kappa shape index (κ2) is 12.0. The van der Waals surface area contributed by atoms with Gasteiger partial charge in [0.15, 0.2) is 16.6 Å². The van der Waals surface area contributed by atoms with Gasteiger partial charge in [0.1, 0.15) is 4.88 Å². The average Bonchev–Trinajstić information content (AvgIpc) is 3.07. The number of methoxy groups -OCH3 is 1. The minimum atomic E-state index is -5.08. The third kappa shape index (κ3) is 8.32. The second-order valence-electron chi connectivity index (χ2n) is 5.87. The topological polar surface area (TPSA) is 110 Å². The van der Waals surface area contributed by atoms with Crippen LogP contribution >= 0.6 is 11.3 Å². The third-order valence-electron chi connectivity index (χ3n) is 3.55. The Kier molecular flexibility index (Phi) is 10.1. The van der Waals surface area contributed by atoms with Gasteiger partial charge in [0, 0.05) is 13.1 Å². The van der Waals surface area contributed by atoms with Crippen molar-refractivity contribution in [1.29, 1.82) is 0 Å². The number of hydrogen-bond donors (Lipinski definition) is 3. The largest absolute Gasteiger partial charge is 0.493 e. The molecule has 0 aliphatic carbocycles. The van der Waals surface area contributed by atoms with E-state index in [1.807, 2.05) is 39.0 Å². The number of nitrogens with one attached hydrogen (secondary N) is 2. The molecule has 1 aromatic carbocycles. The molecular formula is C19H24F3N3O5S. The molecule has 0 spiro atoms. The van der Waals surface area contributed by atoms with Crippen molar-refractivity contribution in [3.8, 4) is 11.5 Å². The van der Waals surface area contributed by atoms with E-state index in [1.54, 1.807) is 7.11 Å². The molecule has 31 heavy (non-hydrogen) atoms. The van der Waals surface area contributed by atoms with Crippen LogP contribution in [0.3, 0.4) is 0 Å². The van der Waals surface area contributed by atoms with Gasteiger partial charge in [0.2, 0.25) is 0 Å². The first kappa shape index (κ1) is 26.0. The van der Waals surface area contributed by atoms with Gasteiger partial charge in [-0.05, 0) is 38.5 Å². The molecule has 0 fully saturated rings. The van der Waals surface area contributed by atoms with Crippen LogP contribution < -0.4 is 20.1 Å². The number of aromatic nitrogens is 1. The number of alkyl halides is 3. The van der Waals surface area contributed by atoms with Crippen LogP contribution in [0.4, 0.5) is 18.3 Å². The van der Waals surface area contributed by atoms with Crippen LogP contribution in [-0.4, -0.2) is 48.4 Å².